The van der Waals surface area contributed by atoms with Crippen LogP contribution in [0.1, 0.15) is 55.8 Å². The molecule has 2 N–H and O–H groups in total. The van der Waals surface area contributed by atoms with E-state index in [4.69, 9.17) is 10.7 Å². The second-order valence-corrected chi connectivity index (χ2v) is 6.41. The van der Waals surface area contributed by atoms with Crippen LogP contribution in [0.15, 0.2) is 23.2 Å². The second kappa shape index (κ2) is 5.67. The summed E-state index contributed by atoms with van der Waals surface area (Å²) in [6.07, 6.45) is 7.86. The van der Waals surface area contributed by atoms with Crippen LogP contribution >= 0.6 is 0 Å². The molecule has 3 rings (SSSR count). The molecule has 1 amide bonds. The van der Waals surface area contributed by atoms with Gasteiger partial charge in [-0.05, 0) is 42.7 Å². The van der Waals surface area contributed by atoms with Crippen LogP contribution in [0.4, 0.5) is 0 Å². The average molecular weight is 298 g/mol. The zero-order valence-corrected chi connectivity index (χ0v) is 13.0. The van der Waals surface area contributed by atoms with Crippen molar-refractivity contribution in [2.75, 3.05) is 0 Å². The lowest BCUT2D eigenvalue weighted by molar-refractivity contribution is -0.126. The molecular weight excluding hydrogens is 276 g/mol. The first-order valence-electron chi connectivity index (χ1n) is 8.13. The largest absolute Gasteiger partial charge is 0.366 e. The Bertz CT molecular complexity index is 732. The van der Waals surface area contributed by atoms with Gasteiger partial charge in [-0.25, -0.2) is 0 Å². The SMILES string of the molecule is CCCC1(C(=O)C2CCCC2)C=c2ccc(C(N)=O)cc2=N1. The Morgan fingerprint density at radius 3 is 2.68 bits per heavy atom. The number of rotatable bonds is 5. The molecular formula is C18H22N2O2. The van der Waals surface area contributed by atoms with Crippen molar-refractivity contribution in [3.63, 3.8) is 0 Å². The van der Waals surface area contributed by atoms with Crippen LogP contribution in [-0.2, 0) is 4.79 Å². The van der Waals surface area contributed by atoms with Crippen molar-refractivity contribution in [2.45, 2.75) is 51.0 Å². The topological polar surface area (TPSA) is 72.5 Å². The van der Waals surface area contributed by atoms with Gasteiger partial charge in [-0.1, -0.05) is 32.3 Å². The van der Waals surface area contributed by atoms with Gasteiger partial charge in [0.05, 0.1) is 5.36 Å². The summed E-state index contributed by atoms with van der Waals surface area (Å²) in [7, 11) is 0. The Hall–Kier alpha value is -1.97. The van der Waals surface area contributed by atoms with Crippen LogP contribution in [0.5, 0.6) is 0 Å². The molecule has 0 bridgehead atoms. The second-order valence-electron chi connectivity index (χ2n) is 6.41. The van der Waals surface area contributed by atoms with E-state index >= 15 is 0 Å². The summed E-state index contributed by atoms with van der Waals surface area (Å²) < 4.78 is 0. The molecule has 0 saturated heterocycles. The molecule has 1 aromatic rings. The van der Waals surface area contributed by atoms with Crippen LogP contribution in [0.25, 0.3) is 6.08 Å². The van der Waals surface area contributed by atoms with Gasteiger partial charge in [-0.3, -0.25) is 14.6 Å². The standard InChI is InChI=1S/C18H22N2O2/c1-2-9-18(16(21)12-5-3-4-6-12)11-14-8-7-13(17(19)22)10-15(14)20-18/h7-8,10-12H,2-6,9H2,1H3,(H2,19,22). The van der Waals surface area contributed by atoms with Gasteiger partial charge in [0.25, 0.3) is 0 Å². The van der Waals surface area contributed by atoms with Crippen LogP contribution in [-0.4, -0.2) is 17.2 Å². The first kappa shape index (κ1) is 14.9. The Labute approximate surface area is 130 Å². The van der Waals surface area contributed by atoms with E-state index in [9.17, 15) is 9.59 Å². The number of primary amides is 1. The zero-order valence-electron chi connectivity index (χ0n) is 13.0. The van der Waals surface area contributed by atoms with E-state index in [1.807, 2.05) is 12.1 Å². The number of Topliss-reactive ketones (excluding diaryl/α,β-unsaturated/α-hetero) is 1. The fourth-order valence-corrected chi connectivity index (χ4v) is 3.72. The number of fused-ring (bicyclic) bond motifs is 1. The highest BCUT2D eigenvalue weighted by molar-refractivity contribution is 5.98. The zero-order chi connectivity index (χ0) is 15.7. The third-order valence-corrected chi connectivity index (χ3v) is 4.81. The maximum Gasteiger partial charge on any atom is 0.248 e. The van der Waals surface area contributed by atoms with Gasteiger partial charge in [0.2, 0.25) is 5.91 Å². The predicted molar refractivity (Wildman–Crippen MR) is 84.8 cm³/mol. The minimum Gasteiger partial charge on any atom is -0.366 e. The van der Waals surface area contributed by atoms with Crippen LogP contribution in [0.2, 0.25) is 0 Å². The number of nitrogens with zero attached hydrogens (tertiary/aromatic N) is 1. The van der Waals surface area contributed by atoms with Crippen LogP contribution in [0, 0.1) is 5.92 Å². The van der Waals surface area contributed by atoms with Gasteiger partial charge in [0.1, 0.15) is 5.54 Å². The van der Waals surface area contributed by atoms with E-state index in [2.05, 4.69) is 6.92 Å². The number of ketones is 1. The highest BCUT2D eigenvalue weighted by atomic mass is 16.1. The maximum absolute atomic E-state index is 13.0. The summed E-state index contributed by atoms with van der Waals surface area (Å²) in [5, 5.41) is 1.65. The van der Waals surface area contributed by atoms with Crippen molar-refractivity contribution in [1.29, 1.82) is 0 Å². The quantitative estimate of drug-likeness (QED) is 0.894. The summed E-state index contributed by atoms with van der Waals surface area (Å²) in [6, 6.07) is 5.25. The van der Waals surface area contributed by atoms with Gasteiger partial charge < -0.3 is 5.73 Å². The van der Waals surface area contributed by atoms with Crippen LogP contribution < -0.4 is 16.3 Å². The van der Waals surface area contributed by atoms with Crippen molar-refractivity contribution in [3.8, 4) is 0 Å². The maximum atomic E-state index is 13.0. The monoisotopic (exact) mass is 298 g/mol. The normalized spacial score (nSPS) is 23.7. The minimum atomic E-state index is -0.734. The fraction of sp³-hybridized carbons (Fsp3) is 0.500. The number of hydrogen-bond donors (Lipinski definition) is 1. The van der Waals surface area contributed by atoms with Crippen molar-refractivity contribution in [2.24, 2.45) is 16.6 Å². The summed E-state index contributed by atoms with van der Waals surface area (Å²) in [5.74, 6) is -0.0757. The third kappa shape index (κ3) is 2.47. The summed E-state index contributed by atoms with van der Waals surface area (Å²) in [5.41, 5.74) is 5.04. The minimum absolute atomic E-state index is 0.136. The molecule has 0 aromatic heterocycles. The molecule has 4 heteroatoms. The molecule has 1 aliphatic carbocycles. The summed E-state index contributed by atoms with van der Waals surface area (Å²) in [4.78, 5) is 29.1. The Balaban J connectivity index is 2.05. The number of hydrogen-bond acceptors (Lipinski definition) is 3. The van der Waals surface area contributed by atoms with E-state index in [0.29, 0.717) is 5.56 Å². The molecule has 2 aliphatic rings. The molecule has 0 radical (unpaired) electrons. The van der Waals surface area contributed by atoms with Gasteiger partial charge in [0, 0.05) is 11.5 Å². The van der Waals surface area contributed by atoms with Gasteiger partial charge >= 0.3 is 0 Å². The number of carbonyl (C=O) groups is 2. The predicted octanol–water partition coefficient (Wildman–Crippen LogP) is 1.50. The highest BCUT2D eigenvalue weighted by Crippen LogP contribution is 2.34. The Morgan fingerprint density at radius 1 is 1.32 bits per heavy atom. The van der Waals surface area contributed by atoms with Crippen molar-refractivity contribution in [3.05, 3.63) is 34.3 Å². The molecule has 116 valence electrons. The Morgan fingerprint density at radius 2 is 2.05 bits per heavy atom. The first-order chi connectivity index (χ1) is 10.6. The molecule has 1 aromatic carbocycles. The molecule has 4 nitrogen and oxygen atoms in total. The molecule has 1 heterocycles. The fourth-order valence-electron chi connectivity index (χ4n) is 3.72. The van der Waals surface area contributed by atoms with E-state index in [1.165, 1.54) is 0 Å². The summed E-state index contributed by atoms with van der Waals surface area (Å²) >= 11 is 0. The van der Waals surface area contributed by atoms with E-state index < -0.39 is 11.4 Å². The van der Waals surface area contributed by atoms with Gasteiger partial charge in [-0.15, -0.1) is 0 Å². The van der Waals surface area contributed by atoms with Gasteiger partial charge in [-0.2, -0.15) is 0 Å². The smallest absolute Gasteiger partial charge is 0.248 e. The third-order valence-electron chi connectivity index (χ3n) is 4.81. The molecule has 1 atom stereocenters. The van der Waals surface area contributed by atoms with Crippen molar-refractivity contribution < 1.29 is 9.59 Å². The Kier molecular flexibility index (Phi) is 3.85. The molecule has 1 aliphatic heterocycles. The van der Waals surface area contributed by atoms with E-state index in [-0.39, 0.29) is 11.7 Å². The van der Waals surface area contributed by atoms with Crippen molar-refractivity contribution in [1.82, 2.24) is 0 Å². The average Bonchev–Trinajstić information content (AvgIpc) is 3.13. The van der Waals surface area contributed by atoms with Crippen LogP contribution in [0.3, 0.4) is 0 Å². The first-order valence-corrected chi connectivity index (χ1v) is 8.13. The lowest BCUT2D eigenvalue weighted by atomic mass is 9.82. The molecule has 22 heavy (non-hydrogen) atoms. The highest BCUT2D eigenvalue weighted by Gasteiger charge is 2.41. The summed E-state index contributed by atoms with van der Waals surface area (Å²) in [6.45, 7) is 2.07. The number of benzene rings is 1. The lowest BCUT2D eigenvalue weighted by Crippen LogP contribution is -2.37. The molecule has 0 spiro atoms. The molecule has 1 unspecified atom stereocenters. The number of amides is 1. The molecule has 1 saturated carbocycles. The van der Waals surface area contributed by atoms with E-state index in [0.717, 1.165) is 49.1 Å². The molecule has 1 fully saturated rings. The number of nitrogens with two attached hydrogens (primary N) is 1. The lowest BCUT2D eigenvalue weighted by Gasteiger charge is -2.25. The van der Waals surface area contributed by atoms with Gasteiger partial charge in [0.15, 0.2) is 5.78 Å². The van der Waals surface area contributed by atoms with Crippen molar-refractivity contribution >= 4 is 17.8 Å². The van der Waals surface area contributed by atoms with E-state index in [1.54, 1.807) is 12.1 Å². The number of carbonyl (C=O) groups excluding carboxylic acids is 2.